The highest BCUT2D eigenvalue weighted by atomic mass is 32.2. The number of anilines is 1. The van der Waals surface area contributed by atoms with Gasteiger partial charge in [0.2, 0.25) is 15.9 Å². The van der Waals surface area contributed by atoms with E-state index in [1.807, 2.05) is 18.2 Å². The summed E-state index contributed by atoms with van der Waals surface area (Å²) in [4.78, 5) is 4.47. The molecule has 0 aliphatic rings. The van der Waals surface area contributed by atoms with E-state index in [2.05, 4.69) is 10.3 Å². The summed E-state index contributed by atoms with van der Waals surface area (Å²) >= 11 is 0. The molecule has 1 heterocycles. The van der Waals surface area contributed by atoms with E-state index in [-0.39, 0.29) is 16.4 Å². The van der Waals surface area contributed by atoms with Crippen LogP contribution >= 0.6 is 0 Å². The van der Waals surface area contributed by atoms with E-state index < -0.39 is 10.0 Å². The largest absolute Gasteiger partial charge is 0.435 e. The van der Waals surface area contributed by atoms with Crippen LogP contribution in [-0.2, 0) is 10.0 Å². The molecular weight excluding hydrogens is 352 g/mol. The number of benzene rings is 2. The van der Waals surface area contributed by atoms with Gasteiger partial charge in [-0.25, -0.2) is 17.7 Å². The topological polar surface area (TPSA) is 99.2 Å². The van der Waals surface area contributed by atoms with Crippen LogP contribution in [0.25, 0.3) is 16.7 Å². The third-order valence-corrected chi connectivity index (χ3v) is 5.49. The Balaban J connectivity index is 1.82. The fourth-order valence-corrected chi connectivity index (χ4v) is 3.12. The highest BCUT2D eigenvalue weighted by Gasteiger charge is 2.16. The Bertz CT molecular complexity index is 1070. The number of hydrogen-bond acceptors (Lipinski definition) is 6. The van der Waals surface area contributed by atoms with Crippen molar-refractivity contribution < 1.29 is 12.8 Å². The molecule has 3 aromatic rings. The molecule has 0 spiro atoms. The molecule has 8 heteroatoms. The highest BCUT2D eigenvalue weighted by Crippen LogP contribution is 2.21. The minimum atomic E-state index is -3.47. The zero-order valence-corrected chi connectivity index (χ0v) is 15.0. The van der Waals surface area contributed by atoms with Crippen molar-refractivity contribution >= 4 is 32.4 Å². The molecule has 0 fully saturated rings. The molecule has 1 aromatic heterocycles. The van der Waals surface area contributed by atoms with Crippen LogP contribution in [0.15, 0.2) is 64.0 Å². The van der Waals surface area contributed by atoms with Crippen molar-refractivity contribution in [3.05, 3.63) is 60.6 Å². The minimum Gasteiger partial charge on any atom is -0.435 e. The quantitative estimate of drug-likeness (QED) is 0.695. The van der Waals surface area contributed by atoms with Crippen LogP contribution in [0, 0.1) is 11.3 Å². The van der Waals surface area contributed by atoms with Gasteiger partial charge in [0.25, 0.3) is 0 Å². The van der Waals surface area contributed by atoms with E-state index in [0.29, 0.717) is 16.8 Å². The van der Waals surface area contributed by atoms with Gasteiger partial charge in [0, 0.05) is 26.0 Å². The highest BCUT2D eigenvalue weighted by molar-refractivity contribution is 7.89. The van der Waals surface area contributed by atoms with Crippen LogP contribution in [-0.4, -0.2) is 31.8 Å². The lowest BCUT2D eigenvalue weighted by molar-refractivity contribution is 0.521. The lowest BCUT2D eigenvalue weighted by Gasteiger charge is -2.11. The summed E-state index contributed by atoms with van der Waals surface area (Å²) in [6.07, 6.45) is 1.47. The standard InChI is InChI=1S/C18H16N4O3S/c1-22(2)26(23,24)15-9-7-14(8-10-15)20-12-13(11-19)18-21-16-5-3-4-6-17(16)25-18/h3-10,12,20H,1-2H3/b13-12-. The predicted molar refractivity (Wildman–Crippen MR) is 98.5 cm³/mol. The lowest BCUT2D eigenvalue weighted by atomic mass is 10.3. The fourth-order valence-electron chi connectivity index (χ4n) is 2.22. The van der Waals surface area contributed by atoms with Crippen molar-refractivity contribution in [2.45, 2.75) is 4.90 Å². The molecule has 0 bridgehead atoms. The predicted octanol–water partition coefficient (Wildman–Crippen LogP) is 3.05. The van der Waals surface area contributed by atoms with Gasteiger partial charge in [-0.05, 0) is 36.4 Å². The first kappa shape index (κ1) is 17.7. The first-order chi connectivity index (χ1) is 12.4. The Morgan fingerprint density at radius 2 is 1.88 bits per heavy atom. The number of nitrogens with zero attached hydrogens (tertiary/aromatic N) is 3. The molecule has 0 unspecified atom stereocenters. The van der Waals surface area contributed by atoms with Gasteiger partial charge in [-0.1, -0.05) is 12.1 Å². The summed E-state index contributed by atoms with van der Waals surface area (Å²) in [5.74, 6) is 0.216. The summed E-state index contributed by atoms with van der Waals surface area (Å²) in [5, 5.41) is 12.3. The Hall–Kier alpha value is -3.15. The minimum absolute atomic E-state index is 0.191. The number of nitriles is 1. The number of oxazole rings is 1. The molecule has 0 saturated carbocycles. The maximum atomic E-state index is 12.1. The number of aromatic nitrogens is 1. The number of hydrogen-bond donors (Lipinski definition) is 1. The molecule has 7 nitrogen and oxygen atoms in total. The third kappa shape index (κ3) is 3.44. The lowest BCUT2D eigenvalue weighted by Crippen LogP contribution is -2.22. The molecule has 0 aliphatic heterocycles. The van der Waals surface area contributed by atoms with Crippen LogP contribution in [0.2, 0.25) is 0 Å². The van der Waals surface area contributed by atoms with E-state index >= 15 is 0 Å². The fraction of sp³-hybridized carbons (Fsp3) is 0.111. The molecule has 132 valence electrons. The molecule has 0 saturated heterocycles. The van der Waals surface area contributed by atoms with Crippen molar-refractivity contribution in [3.8, 4) is 6.07 Å². The Labute approximate surface area is 151 Å². The number of rotatable bonds is 5. The maximum absolute atomic E-state index is 12.1. The second-order valence-electron chi connectivity index (χ2n) is 5.61. The first-order valence-corrected chi connectivity index (χ1v) is 9.11. The van der Waals surface area contributed by atoms with Gasteiger partial charge in [0.1, 0.15) is 17.2 Å². The number of para-hydroxylation sites is 2. The molecule has 0 radical (unpaired) electrons. The van der Waals surface area contributed by atoms with Gasteiger partial charge >= 0.3 is 0 Å². The molecule has 1 N–H and O–H groups in total. The second kappa shape index (κ2) is 7.00. The summed E-state index contributed by atoms with van der Waals surface area (Å²) in [5.41, 5.74) is 2.13. The van der Waals surface area contributed by atoms with Gasteiger partial charge in [0.05, 0.1) is 4.90 Å². The number of fused-ring (bicyclic) bond motifs is 1. The Kier molecular flexibility index (Phi) is 4.75. The van der Waals surface area contributed by atoms with Crippen molar-refractivity contribution in [1.82, 2.24) is 9.29 Å². The van der Waals surface area contributed by atoms with E-state index in [4.69, 9.17) is 4.42 Å². The summed E-state index contributed by atoms with van der Waals surface area (Å²) in [6.45, 7) is 0. The Morgan fingerprint density at radius 1 is 1.19 bits per heavy atom. The van der Waals surface area contributed by atoms with E-state index in [1.165, 1.54) is 32.4 Å². The summed E-state index contributed by atoms with van der Waals surface area (Å²) in [6, 6.07) is 15.5. The monoisotopic (exact) mass is 368 g/mol. The molecule has 2 aromatic carbocycles. The van der Waals surface area contributed by atoms with Crippen LogP contribution in [0.3, 0.4) is 0 Å². The van der Waals surface area contributed by atoms with Crippen LogP contribution in [0.1, 0.15) is 5.89 Å². The van der Waals surface area contributed by atoms with Gasteiger partial charge in [-0.15, -0.1) is 0 Å². The molecule has 3 rings (SSSR count). The first-order valence-electron chi connectivity index (χ1n) is 7.67. The molecule has 0 amide bonds. The number of allylic oxidation sites excluding steroid dienone is 1. The number of nitrogens with one attached hydrogen (secondary N) is 1. The third-order valence-electron chi connectivity index (χ3n) is 3.66. The molecular formula is C18H16N4O3S. The smallest absolute Gasteiger partial charge is 0.242 e. The van der Waals surface area contributed by atoms with Gasteiger partial charge in [-0.2, -0.15) is 5.26 Å². The average molecular weight is 368 g/mol. The van der Waals surface area contributed by atoms with Gasteiger partial charge < -0.3 is 9.73 Å². The van der Waals surface area contributed by atoms with E-state index in [1.54, 1.807) is 24.3 Å². The zero-order chi connectivity index (χ0) is 18.7. The summed E-state index contributed by atoms with van der Waals surface area (Å²) < 4.78 is 30.8. The van der Waals surface area contributed by atoms with Crippen LogP contribution < -0.4 is 5.32 Å². The van der Waals surface area contributed by atoms with Crippen LogP contribution in [0.5, 0.6) is 0 Å². The molecule has 0 aliphatic carbocycles. The van der Waals surface area contributed by atoms with Crippen LogP contribution in [0.4, 0.5) is 5.69 Å². The van der Waals surface area contributed by atoms with Gasteiger partial charge in [-0.3, -0.25) is 0 Å². The van der Waals surface area contributed by atoms with E-state index in [9.17, 15) is 13.7 Å². The normalized spacial score (nSPS) is 12.3. The van der Waals surface area contributed by atoms with Crippen molar-refractivity contribution in [2.24, 2.45) is 0 Å². The molecule has 26 heavy (non-hydrogen) atoms. The van der Waals surface area contributed by atoms with Crippen molar-refractivity contribution in [2.75, 3.05) is 19.4 Å². The average Bonchev–Trinajstić information content (AvgIpc) is 3.06. The van der Waals surface area contributed by atoms with E-state index in [0.717, 1.165) is 4.31 Å². The number of sulfonamides is 1. The molecule has 0 atom stereocenters. The second-order valence-corrected chi connectivity index (χ2v) is 7.76. The van der Waals surface area contributed by atoms with Crippen molar-refractivity contribution in [1.29, 1.82) is 5.26 Å². The summed E-state index contributed by atoms with van der Waals surface area (Å²) in [7, 11) is -0.523. The van der Waals surface area contributed by atoms with Crippen molar-refractivity contribution in [3.63, 3.8) is 0 Å². The van der Waals surface area contributed by atoms with Gasteiger partial charge in [0.15, 0.2) is 5.58 Å². The SMILES string of the molecule is CN(C)S(=O)(=O)c1ccc(N/C=C(/C#N)c2nc3ccccc3o2)cc1. The zero-order valence-electron chi connectivity index (χ0n) is 14.2. The Morgan fingerprint density at radius 3 is 2.50 bits per heavy atom. The maximum Gasteiger partial charge on any atom is 0.242 e.